The van der Waals surface area contributed by atoms with Gasteiger partial charge in [0.1, 0.15) is 5.76 Å². The van der Waals surface area contributed by atoms with Crippen molar-refractivity contribution in [3.8, 4) is 0 Å². The molecule has 1 N–H and O–H groups in total. The van der Waals surface area contributed by atoms with Crippen LogP contribution in [0.2, 0.25) is 0 Å². The van der Waals surface area contributed by atoms with Crippen molar-refractivity contribution in [1.29, 1.82) is 0 Å². The summed E-state index contributed by atoms with van der Waals surface area (Å²) in [5.41, 5.74) is -3.76. The summed E-state index contributed by atoms with van der Waals surface area (Å²) in [4.78, 5) is 14.4. The van der Waals surface area contributed by atoms with E-state index in [-0.39, 0.29) is 18.7 Å². The molecule has 0 radical (unpaired) electrons. The predicted molar refractivity (Wildman–Crippen MR) is 91.0 cm³/mol. The van der Waals surface area contributed by atoms with Gasteiger partial charge in [0.05, 0.1) is 23.4 Å². The van der Waals surface area contributed by atoms with Gasteiger partial charge in [-0.1, -0.05) is 0 Å². The summed E-state index contributed by atoms with van der Waals surface area (Å²) in [5, 5.41) is 2.45. The number of carbonyl (C=O) groups excluding carboxylic acids is 1. The van der Waals surface area contributed by atoms with Gasteiger partial charge in [-0.2, -0.15) is 26.3 Å². The first-order chi connectivity index (χ1) is 13.6. The van der Waals surface area contributed by atoms with Crippen molar-refractivity contribution < 1.29 is 35.6 Å². The van der Waals surface area contributed by atoms with Gasteiger partial charge in [0, 0.05) is 12.1 Å². The second-order valence-corrected chi connectivity index (χ2v) is 6.78. The molecule has 2 heterocycles. The number of rotatable bonds is 5. The Morgan fingerprint density at radius 3 is 2.10 bits per heavy atom. The average molecular weight is 420 g/mol. The molecule has 2 aromatic rings. The first-order valence-electron chi connectivity index (χ1n) is 8.91. The minimum absolute atomic E-state index is 0.00728. The van der Waals surface area contributed by atoms with Gasteiger partial charge in [-0.15, -0.1) is 0 Å². The van der Waals surface area contributed by atoms with E-state index < -0.39 is 35.0 Å². The van der Waals surface area contributed by atoms with Crippen LogP contribution in [0.25, 0.3) is 0 Å². The van der Waals surface area contributed by atoms with Gasteiger partial charge in [0.2, 0.25) is 0 Å². The van der Waals surface area contributed by atoms with Gasteiger partial charge in [-0.05, 0) is 56.3 Å². The Hall–Kier alpha value is -2.49. The number of furan rings is 1. The summed E-state index contributed by atoms with van der Waals surface area (Å²) in [5.74, 6) is -0.454. The fourth-order valence-electron chi connectivity index (χ4n) is 3.32. The van der Waals surface area contributed by atoms with Crippen LogP contribution in [0, 0.1) is 0 Å². The fourth-order valence-corrected chi connectivity index (χ4v) is 3.32. The van der Waals surface area contributed by atoms with Gasteiger partial charge in [-0.25, -0.2) is 0 Å². The molecule has 1 aliphatic heterocycles. The quantitative estimate of drug-likeness (QED) is 0.701. The predicted octanol–water partition coefficient (Wildman–Crippen LogP) is 4.88. The van der Waals surface area contributed by atoms with Crippen molar-refractivity contribution in [2.75, 3.05) is 19.6 Å². The smallest absolute Gasteiger partial charge is 0.416 e. The van der Waals surface area contributed by atoms with E-state index in [1.807, 2.05) is 4.90 Å². The van der Waals surface area contributed by atoms with Crippen LogP contribution in [0.3, 0.4) is 0 Å². The van der Waals surface area contributed by atoms with Crippen LogP contribution in [0.1, 0.15) is 46.1 Å². The van der Waals surface area contributed by atoms with E-state index in [1.165, 1.54) is 6.26 Å². The van der Waals surface area contributed by atoms with Crippen LogP contribution in [0.15, 0.2) is 41.0 Å². The molecule has 3 rings (SSSR count). The van der Waals surface area contributed by atoms with E-state index in [2.05, 4.69) is 5.32 Å². The number of hydrogen-bond donors (Lipinski definition) is 1. The molecule has 1 unspecified atom stereocenters. The molecule has 1 amide bonds. The van der Waals surface area contributed by atoms with Crippen LogP contribution in [-0.2, 0) is 12.4 Å². The Bertz CT molecular complexity index is 807. The summed E-state index contributed by atoms with van der Waals surface area (Å²) >= 11 is 0. The lowest BCUT2D eigenvalue weighted by Gasteiger charge is -2.26. The summed E-state index contributed by atoms with van der Waals surface area (Å²) in [6.45, 7) is 1.50. The molecule has 1 fully saturated rings. The van der Waals surface area contributed by atoms with Crippen LogP contribution >= 0.6 is 0 Å². The van der Waals surface area contributed by atoms with Crippen LogP contribution in [-0.4, -0.2) is 30.4 Å². The number of amides is 1. The lowest BCUT2D eigenvalue weighted by Crippen LogP contribution is -2.36. The molecule has 29 heavy (non-hydrogen) atoms. The number of hydrogen-bond acceptors (Lipinski definition) is 3. The molecular weight excluding hydrogens is 402 g/mol. The third-order valence-electron chi connectivity index (χ3n) is 4.76. The lowest BCUT2D eigenvalue weighted by atomic mass is 10.0. The molecule has 0 aliphatic carbocycles. The lowest BCUT2D eigenvalue weighted by molar-refractivity contribution is -0.143. The largest absolute Gasteiger partial charge is 0.468 e. The van der Waals surface area contributed by atoms with Crippen molar-refractivity contribution in [2.24, 2.45) is 0 Å². The minimum atomic E-state index is -5.01. The highest BCUT2D eigenvalue weighted by molar-refractivity contribution is 5.94. The molecule has 4 nitrogen and oxygen atoms in total. The second-order valence-electron chi connectivity index (χ2n) is 6.78. The molecule has 1 aliphatic rings. The van der Waals surface area contributed by atoms with E-state index in [4.69, 9.17) is 4.42 Å². The van der Waals surface area contributed by atoms with Crippen molar-refractivity contribution in [3.05, 3.63) is 59.0 Å². The van der Waals surface area contributed by atoms with Gasteiger partial charge >= 0.3 is 12.4 Å². The minimum Gasteiger partial charge on any atom is -0.468 e. The number of nitrogens with one attached hydrogen (secondary N) is 1. The first kappa shape index (κ1) is 21.2. The number of carbonyl (C=O) groups is 1. The standard InChI is InChI=1S/C19H18F6N2O2/c20-18(21,22)13-8-12(9-14(10-13)19(23,24)25)17(28)26-11-15(16-4-3-7-29-16)27-5-1-2-6-27/h3-4,7-10,15H,1-2,5-6,11H2,(H,26,28). The van der Waals surface area contributed by atoms with Gasteiger partial charge < -0.3 is 9.73 Å². The number of likely N-dealkylation sites (tertiary alicyclic amines) is 1. The highest BCUT2D eigenvalue weighted by Crippen LogP contribution is 2.36. The third kappa shape index (κ3) is 5.11. The third-order valence-corrected chi connectivity index (χ3v) is 4.76. The molecule has 1 atom stereocenters. The van der Waals surface area contributed by atoms with Crippen molar-refractivity contribution in [3.63, 3.8) is 0 Å². The zero-order valence-corrected chi connectivity index (χ0v) is 15.1. The summed E-state index contributed by atoms with van der Waals surface area (Å²) in [6.07, 6.45) is -6.66. The van der Waals surface area contributed by atoms with E-state index in [0.717, 1.165) is 25.9 Å². The monoisotopic (exact) mass is 420 g/mol. The molecule has 1 saturated heterocycles. The molecular formula is C19H18F6N2O2. The van der Waals surface area contributed by atoms with Gasteiger partial charge in [0.15, 0.2) is 0 Å². The Labute approximate surface area is 162 Å². The number of halogens is 6. The van der Waals surface area contributed by atoms with Crippen molar-refractivity contribution in [2.45, 2.75) is 31.2 Å². The van der Waals surface area contributed by atoms with Crippen molar-refractivity contribution in [1.82, 2.24) is 10.2 Å². The molecule has 158 valence electrons. The van der Waals surface area contributed by atoms with Crippen LogP contribution in [0.5, 0.6) is 0 Å². The molecule has 1 aromatic heterocycles. The average Bonchev–Trinajstić information content (AvgIpc) is 3.34. The fraction of sp³-hybridized carbons (Fsp3) is 0.421. The Kier molecular flexibility index (Phi) is 5.92. The SMILES string of the molecule is O=C(NCC(c1ccco1)N1CCCC1)c1cc(C(F)(F)F)cc(C(F)(F)F)c1. The number of nitrogens with zero attached hydrogens (tertiary/aromatic N) is 1. The summed E-state index contributed by atoms with van der Waals surface area (Å²) in [6, 6.07) is 3.85. The van der Waals surface area contributed by atoms with E-state index in [0.29, 0.717) is 17.9 Å². The normalized spacial score (nSPS) is 16.8. The maximum absolute atomic E-state index is 13.0. The molecule has 0 saturated carbocycles. The molecule has 1 aromatic carbocycles. The summed E-state index contributed by atoms with van der Waals surface area (Å²) < 4.78 is 83.3. The zero-order valence-electron chi connectivity index (χ0n) is 15.1. The number of benzene rings is 1. The highest BCUT2D eigenvalue weighted by atomic mass is 19.4. The van der Waals surface area contributed by atoms with Crippen LogP contribution in [0.4, 0.5) is 26.3 Å². The maximum Gasteiger partial charge on any atom is 0.416 e. The Morgan fingerprint density at radius 2 is 1.62 bits per heavy atom. The van der Waals surface area contributed by atoms with Crippen molar-refractivity contribution >= 4 is 5.91 Å². The van der Waals surface area contributed by atoms with Gasteiger partial charge in [0.25, 0.3) is 5.91 Å². The van der Waals surface area contributed by atoms with Crippen LogP contribution < -0.4 is 5.32 Å². The first-order valence-corrected chi connectivity index (χ1v) is 8.91. The topological polar surface area (TPSA) is 45.5 Å². The zero-order chi connectivity index (χ0) is 21.2. The maximum atomic E-state index is 13.0. The highest BCUT2D eigenvalue weighted by Gasteiger charge is 2.37. The molecule has 0 spiro atoms. The molecule has 0 bridgehead atoms. The summed E-state index contributed by atoms with van der Waals surface area (Å²) in [7, 11) is 0. The Morgan fingerprint density at radius 1 is 1.03 bits per heavy atom. The molecule has 10 heteroatoms. The number of alkyl halides is 6. The van der Waals surface area contributed by atoms with Gasteiger partial charge in [-0.3, -0.25) is 9.69 Å². The Balaban J connectivity index is 1.82. The van der Waals surface area contributed by atoms with E-state index in [9.17, 15) is 31.1 Å². The second kappa shape index (κ2) is 8.10. The van der Waals surface area contributed by atoms with E-state index in [1.54, 1.807) is 12.1 Å². The van der Waals surface area contributed by atoms with E-state index >= 15 is 0 Å².